The van der Waals surface area contributed by atoms with Crippen LogP contribution < -0.4 is 0 Å². The second-order valence-corrected chi connectivity index (χ2v) is 6.49. The van der Waals surface area contributed by atoms with Gasteiger partial charge < -0.3 is 4.52 Å². The Labute approximate surface area is 150 Å². The number of hydrogen-bond acceptors (Lipinski definition) is 5. The van der Waals surface area contributed by atoms with Gasteiger partial charge in [0.05, 0.1) is 12.1 Å². The minimum atomic E-state index is -4.35. The summed E-state index contributed by atoms with van der Waals surface area (Å²) in [6.45, 7) is 8.90. The monoisotopic (exact) mass is 368 g/mol. The van der Waals surface area contributed by atoms with Crippen LogP contribution in [0.15, 0.2) is 28.8 Å². The predicted molar refractivity (Wildman–Crippen MR) is 91.3 cm³/mol. The fourth-order valence-corrected chi connectivity index (χ4v) is 3.43. The van der Waals surface area contributed by atoms with Crippen molar-refractivity contribution in [3.8, 4) is 11.4 Å². The van der Waals surface area contributed by atoms with E-state index in [-0.39, 0.29) is 0 Å². The van der Waals surface area contributed by atoms with Gasteiger partial charge in [0.2, 0.25) is 11.7 Å². The zero-order valence-corrected chi connectivity index (χ0v) is 15.0. The van der Waals surface area contributed by atoms with Gasteiger partial charge in [-0.2, -0.15) is 18.2 Å². The smallest absolute Gasteiger partial charge is 0.338 e. The molecule has 1 aliphatic rings. The van der Waals surface area contributed by atoms with Crippen molar-refractivity contribution in [2.45, 2.75) is 39.0 Å². The normalized spacial score (nSPS) is 18.8. The highest BCUT2D eigenvalue weighted by Gasteiger charge is 2.30. The molecule has 0 saturated carbocycles. The molecule has 0 N–H and O–H groups in total. The molecule has 1 aromatic carbocycles. The topological polar surface area (TPSA) is 45.4 Å². The Morgan fingerprint density at radius 1 is 1.19 bits per heavy atom. The number of likely N-dealkylation sites (N-methyl/N-ethyl adjacent to an activating group) is 1. The van der Waals surface area contributed by atoms with Crippen LogP contribution in [0.2, 0.25) is 0 Å². The molecular formula is C18H23F3N4O. The van der Waals surface area contributed by atoms with Crippen molar-refractivity contribution in [3.05, 3.63) is 35.7 Å². The predicted octanol–water partition coefficient (Wildman–Crippen LogP) is 3.67. The maximum atomic E-state index is 12.6. The van der Waals surface area contributed by atoms with Crippen molar-refractivity contribution in [2.24, 2.45) is 0 Å². The van der Waals surface area contributed by atoms with E-state index in [1.165, 1.54) is 12.1 Å². The van der Waals surface area contributed by atoms with Crippen molar-refractivity contribution in [3.63, 3.8) is 0 Å². The van der Waals surface area contributed by atoms with Gasteiger partial charge in [0, 0.05) is 24.7 Å². The molecule has 1 fully saturated rings. The van der Waals surface area contributed by atoms with E-state index in [9.17, 15) is 13.2 Å². The molecule has 0 spiro atoms. The molecule has 8 heteroatoms. The molecule has 0 unspecified atom stereocenters. The van der Waals surface area contributed by atoms with E-state index in [0.29, 0.717) is 29.9 Å². The molecule has 0 radical (unpaired) electrons. The Balaban J connectivity index is 1.62. The SMILES string of the molecule is CCN(CC)[C@@H]1CCN(Cc2nc(-c3ccc(C(F)(F)F)cc3)no2)C1. The van der Waals surface area contributed by atoms with E-state index >= 15 is 0 Å². The molecule has 0 bridgehead atoms. The molecule has 142 valence electrons. The Hall–Kier alpha value is -1.93. The zero-order valence-electron chi connectivity index (χ0n) is 15.0. The summed E-state index contributed by atoms with van der Waals surface area (Å²) in [6, 6.07) is 5.33. The summed E-state index contributed by atoms with van der Waals surface area (Å²) in [5.74, 6) is 0.799. The number of nitrogens with zero attached hydrogens (tertiary/aromatic N) is 4. The van der Waals surface area contributed by atoms with Crippen LogP contribution in [0.3, 0.4) is 0 Å². The minimum absolute atomic E-state index is 0.313. The van der Waals surface area contributed by atoms with E-state index in [2.05, 4.69) is 33.8 Å². The Bertz CT molecular complexity index is 710. The first kappa shape index (κ1) is 18.8. The fourth-order valence-electron chi connectivity index (χ4n) is 3.43. The quantitative estimate of drug-likeness (QED) is 0.778. The van der Waals surface area contributed by atoms with Gasteiger partial charge in [-0.05, 0) is 31.6 Å². The van der Waals surface area contributed by atoms with Gasteiger partial charge >= 0.3 is 6.18 Å². The highest BCUT2D eigenvalue weighted by Crippen LogP contribution is 2.30. The van der Waals surface area contributed by atoms with Crippen LogP contribution in [0.4, 0.5) is 13.2 Å². The van der Waals surface area contributed by atoms with E-state index in [1.807, 2.05) is 0 Å². The van der Waals surface area contributed by atoms with Gasteiger partial charge in [0.1, 0.15) is 0 Å². The van der Waals surface area contributed by atoms with Crippen molar-refractivity contribution in [2.75, 3.05) is 26.2 Å². The Morgan fingerprint density at radius 3 is 2.50 bits per heavy atom. The summed E-state index contributed by atoms with van der Waals surface area (Å²) in [4.78, 5) is 9.05. The number of rotatable bonds is 6. The van der Waals surface area contributed by atoms with Crippen LogP contribution in [-0.4, -0.2) is 52.2 Å². The molecule has 0 aliphatic carbocycles. The van der Waals surface area contributed by atoms with E-state index < -0.39 is 11.7 Å². The van der Waals surface area contributed by atoms with E-state index in [1.54, 1.807) is 0 Å². The number of hydrogen-bond donors (Lipinski definition) is 0. The van der Waals surface area contributed by atoms with Crippen LogP contribution in [0.5, 0.6) is 0 Å². The van der Waals surface area contributed by atoms with Gasteiger partial charge in [0.15, 0.2) is 0 Å². The van der Waals surface area contributed by atoms with Gasteiger partial charge in [-0.15, -0.1) is 0 Å². The maximum absolute atomic E-state index is 12.6. The summed E-state index contributed by atoms with van der Waals surface area (Å²) < 4.78 is 43.2. The first-order valence-corrected chi connectivity index (χ1v) is 8.87. The van der Waals surface area contributed by atoms with Crippen molar-refractivity contribution in [1.29, 1.82) is 0 Å². The maximum Gasteiger partial charge on any atom is 0.416 e. The lowest BCUT2D eigenvalue weighted by Crippen LogP contribution is -2.37. The second-order valence-electron chi connectivity index (χ2n) is 6.49. The summed E-state index contributed by atoms with van der Waals surface area (Å²) in [5, 5.41) is 3.90. The van der Waals surface area contributed by atoms with Crippen LogP contribution in [-0.2, 0) is 12.7 Å². The molecule has 1 atom stereocenters. The van der Waals surface area contributed by atoms with Crippen LogP contribution in [0.25, 0.3) is 11.4 Å². The fraction of sp³-hybridized carbons (Fsp3) is 0.556. The third-order valence-corrected chi connectivity index (χ3v) is 4.87. The van der Waals surface area contributed by atoms with Crippen LogP contribution >= 0.6 is 0 Å². The van der Waals surface area contributed by atoms with Gasteiger partial charge in [-0.1, -0.05) is 31.1 Å². The van der Waals surface area contributed by atoms with Gasteiger partial charge in [-0.3, -0.25) is 9.80 Å². The summed E-state index contributed by atoms with van der Waals surface area (Å²) in [5.41, 5.74) is -0.181. The molecule has 2 heterocycles. The third kappa shape index (κ3) is 4.24. The summed E-state index contributed by atoms with van der Waals surface area (Å²) >= 11 is 0. The average molecular weight is 368 g/mol. The standard InChI is InChI=1S/C18H23F3N4O/c1-3-25(4-2)15-9-10-24(11-15)12-16-22-17(23-26-16)13-5-7-14(8-6-13)18(19,20)21/h5-8,15H,3-4,9-12H2,1-2H3/t15-/m1/s1. The second kappa shape index (κ2) is 7.75. The molecule has 1 aliphatic heterocycles. The minimum Gasteiger partial charge on any atom is -0.338 e. The zero-order chi connectivity index (χ0) is 18.7. The summed E-state index contributed by atoms with van der Waals surface area (Å²) in [7, 11) is 0. The number of benzene rings is 1. The highest BCUT2D eigenvalue weighted by atomic mass is 19.4. The number of aromatic nitrogens is 2. The number of halogens is 3. The van der Waals surface area contributed by atoms with Crippen molar-refractivity contribution in [1.82, 2.24) is 19.9 Å². The van der Waals surface area contributed by atoms with Gasteiger partial charge in [0.25, 0.3) is 0 Å². The Morgan fingerprint density at radius 2 is 1.88 bits per heavy atom. The molecule has 1 saturated heterocycles. The third-order valence-electron chi connectivity index (χ3n) is 4.87. The lowest BCUT2D eigenvalue weighted by molar-refractivity contribution is -0.137. The number of likely N-dealkylation sites (tertiary alicyclic amines) is 1. The van der Waals surface area contributed by atoms with Gasteiger partial charge in [-0.25, -0.2) is 0 Å². The number of alkyl halides is 3. The first-order chi connectivity index (χ1) is 12.4. The highest BCUT2D eigenvalue weighted by molar-refractivity contribution is 5.54. The molecule has 0 amide bonds. The lowest BCUT2D eigenvalue weighted by Gasteiger charge is -2.25. The van der Waals surface area contributed by atoms with E-state index in [4.69, 9.17) is 4.52 Å². The van der Waals surface area contributed by atoms with Crippen molar-refractivity contribution >= 4 is 0 Å². The Kier molecular flexibility index (Phi) is 5.62. The molecular weight excluding hydrogens is 345 g/mol. The van der Waals surface area contributed by atoms with Crippen LogP contribution in [0.1, 0.15) is 31.7 Å². The van der Waals surface area contributed by atoms with E-state index in [0.717, 1.165) is 44.7 Å². The van der Waals surface area contributed by atoms with Crippen molar-refractivity contribution < 1.29 is 17.7 Å². The molecule has 1 aromatic heterocycles. The lowest BCUT2D eigenvalue weighted by atomic mass is 10.1. The summed E-state index contributed by atoms with van der Waals surface area (Å²) in [6.07, 6.45) is -3.24. The molecule has 3 rings (SSSR count). The largest absolute Gasteiger partial charge is 0.416 e. The average Bonchev–Trinajstić information content (AvgIpc) is 3.26. The molecule has 2 aromatic rings. The first-order valence-electron chi connectivity index (χ1n) is 8.87. The molecule has 26 heavy (non-hydrogen) atoms. The van der Waals surface area contributed by atoms with Crippen LogP contribution in [0, 0.1) is 0 Å². The molecule has 5 nitrogen and oxygen atoms in total.